The van der Waals surface area contributed by atoms with E-state index >= 15 is 0 Å². The molecule has 1 spiro atoms. The van der Waals surface area contributed by atoms with Gasteiger partial charge in [-0.3, -0.25) is 4.79 Å². The maximum absolute atomic E-state index is 12.9. The van der Waals surface area contributed by atoms with E-state index in [2.05, 4.69) is 10.6 Å². The SMILES string of the molecule is COc1ccc(NC(=O)N2CCC3(C2)C(=O)Nc2ccc(OC)cc23)c(OC)c1. The van der Waals surface area contributed by atoms with Gasteiger partial charge in [0.25, 0.3) is 0 Å². The van der Waals surface area contributed by atoms with E-state index in [1.807, 2.05) is 18.2 Å². The minimum atomic E-state index is -0.759. The molecule has 8 heteroatoms. The summed E-state index contributed by atoms with van der Waals surface area (Å²) in [5.74, 6) is 1.73. The number of rotatable bonds is 4. The molecule has 0 radical (unpaired) electrons. The second-order valence-electron chi connectivity index (χ2n) is 7.12. The van der Waals surface area contributed by atoms with Gasteiger partial charge in [-0.15, -0.1) is 0 Å². The highest BCUT2D eigenvalue weighted by atomic mass is 16.5. The van der Waals surface area contributed by atoms with E-state index in [1.54, 1.807) is 37.3 Å². The number of ether oxygens (including phenoxy) is 3. The average Bonchev–Trinajstić information content (AvgIpc) is 3.31. The van der Waals surface area contributed by atoms with Crippen LogP contribution in [0.15, 0.2) is 36.4 Å². The molecule has 2 aromatic carbocycles. The van der Waals surface area contributed by atoms with Gasteiger partial charge in [0, 0.05) is 24.8 Å². The average molecular weight is 397 g/mol. The Labute approximate surface area is 168 Å². The Balaban J connectivity index is 1.55. The molecule has 1 fully saturated rings. The molecule has 1 unspecified atom stereocenters. The van der Waals surface area contributed by atoms with Gasteiger partial charge in [0.05, 0.1) is 32.4 Å². The Morgan fingerprint density at radius 1 is 1.07 bits per heavy atom. The second kappa shape index (κ2) is 7.20. The van der Waals surface area contributed by atoms with Gasteiger partial charge < -0.3 is 29.7 Å². The standard InChI is InChI=1S/C21H23N3O5/c1-27-13-4-6-16-15(10-13)21(19(25)22-16)8-9-24(12-21)20(26)23-17-7-5-14(28-2)11-18(17)29-3/h4-7,10-11H,8-9,12H2,1-3H3,(H,22,25)(H,23,26). The van der Waals surface area contributed by atoms with Gasteiger partial charge in [0.2, 0.25) is 5.91 Å². The lowest BCUT2D eigenvalue weighted by molar-refractivity contribution is -0.120. The normalized spacial score (nSPS) is 19.7. The van der Waals surface area contributed by atoms with Crippen LogP contribution in [0.1, 0.15) is 12.0 Å². The quantitative estimate of drug-likeness (QED) is 0.828. The summed E-state index contributed by atoms with van der Waals surface area (Å²) in [5.41, 5.74) is 1.43. The number of methoxy groups -OCH3 is 3. The highest BCUT2D eigenvalue weighted by Gasteiger charge is 2.52. The van der Waals surface area contributed by atoms with Crippen LogP contribution in [0.5, 0.6) is 17.2 Å². The first kappa shape index (κ1) is 18.9. The molecule has 0 bridgehead atoms. The molecular weight excluding hydrogens is 374 g/mol. The van der Waals surface area contributed by atoms with Gasteiger partial charge in [0.15, 0.2) is 0 Å². The number of hydrogen-bond donors (Lipinski definition) is 2. The summed E-state index contributed by atoms with van der Waals surface area (Å²) in [6.07, 6.45) is 0.548. The van der Waals surface area contributed by atoms with E-state index < -0.39 is 5.41 Å². The number of benzene rings is 2. The summed E-state index contributed by atoms with van der Waals surface area (Å²) in [6.45, 7) is 0.762. The number of likely N-dealkylation sites (tertiary alicyclic amines) is 1. The Morgan fingerprint density at radius 2 is 1.79 bits per heavy atom. The van der Waals surface area contributed by atoms with Crippen LogP contribution in [-0.4, -0.2) is 51.3 Å². The summed E-state index contributed by atoms with van der Waals surface area (Å²) in [7, 11) is 4.69. The van der Waals surface area contributed by atoms with E-state index in [1.165, 1.54) is 7.11 Å². The van der Waals surface area contributed by atoms with Gasteiger partial charge in [-0.2, -0.15) is 0 Å². The smallest absolute Gasteiger partial charge is 0.321 e. The summed E-state index contributed by atoms with van der Waals surface area (Å²) in [5, 5.41) is 5.81. The molecule has 1 saturated heterocycles. The fourth-order valence-corrected chi connectivity index (χ4v) is 4.00. The van der Waals surface area contributed by atoms with Crippen molar-refractivity contribution >= 4 is 23.3 Å². The molecule has 0 aliphatic carbocycles. The van der Waals surface area contributed by atoms with Gasteiger partial charge >= 0.3 is 6.03 Å². The molecule has 1 atom stereocenters. The monoisotopic (exact) mass is 397 g/mol. The summed E-state index contributed by atoms with van der Waals surface area (Å²) >= 11 is 0. The van der Waals surface area contributed by atoms with Gasteiger partial charge in [0.1, 0.15) is 17.2 Å². The minimum absolute atomic E-state index is 0.0851. The van der Waals surface area contributed by atoms with E-state index in [0.29, 0.717) is 42.4 Å². The molecule has 2 heterocycles. The van der Waals surface area contributed by atoms with Gasteiger partial charge in [-0.25, -0.2) is 4.79 Å². The van der Waals surface area contributed by atoms with Crippen molar-refractivity contribution in [2.24, 2.45) is 0 Å². The predicted molar refractivity (Wildman–Crippen MR) is 108 cm³/mol. The first-order chi connectivity index (χ1) is 14.0. The molecule has 2 N–H and O–H groups in total. The molecule has 2 aromatic rings. The molecule has 0 aromatic heterocycles. The second-order valence-corrected chi connectivity index (χ2v) is 7.12. The van der Waals surface area contributed by atoms with Crippen LogP contribution in [0, 0.1) is 0 Å². The number of anilines is 2. The zero-order chi connectivity index (χ0) is 20.6. The van der Waals surface area contributed by atoms with Crippen LogP contribution >= 0.6 is 0 Å². The van der Waals surface area contributed by atoms with Crippen molar-refractivity contribution in [3.8, 4) is 17.2 Å². The molecule has 152 valence electrons. The van der Waals surface area contributed by atoms with Crippen LogP contribution in [0.2, 0.25) is 0 Å². The Morgan fingerprint density at radius 3 is 2.52 bits per heavy atom. The lowest BCUT2D eigenvalue weighted by atomic mass is 9.81. The molecule has 4 rings (SSSR count). The Kier molecular flexibility index (Phi) is 4.70. The van der Waals surface area contributed by atoms with E-state index in [-0.39, 0.29) is 11.9 Å². The fourth-order valence-electron chi connectivity index (χ4n) is 4.00. The van der Waals surface area contributed by atoms with Crippen molar-refractivity contribution in [2.45, 2.75) is 11.8 Å². The van der Waals surface area contributed by atoms with E-state index in [0.717, 1.165) is 11.3 Å². The largest absolute Gasteiger partial charge is 0.497 e. The highest BCUT2D eigenvalue weighted by molar-refractivity contribution is 6.07. The first-order valence-corrected chi connectivity index (χ1v) is 9.28. The number of urea groups is 1. The van der Waals surface area contributed by atoms with Gasteiger partial charge in [-0.1, -0.05) is 0 Å². The van der Waals surface area contributed by atoms with Crippen molar-refractivity contribution < 1.29 is 23.8 Å². The van der Waals surface area contributed by atoms with Crippen LogP contribution < -0.4 is 24.8 Å². The number of nitrogens with zero attached hydrogens (tertiary/aromatic N) is 1. The highest BCUT2D eigenvalue weighted by Crippen LogP contribution is 2.45. The number of carbonyl (C=O) groups is 2. The van der Waals surface area contributed by atoms with Crippen LogP contribution in [-0.2, 0) is 10.2 Å². The zero-order valence-electron chi connectivity index (χ0n) is 16.6. The summed E-state index contributed by atoms with van der Waals surface area (Å²) in [4.78, 5) is 27.3. The molecule has 2 aliphatic heterocycles. The summed E-state index contributed by atoms with van der Waals surface area (Å²) < 4.78 is 15.8. The molecule has 8 nitrogen and oxygen atoms in total. The zero-order valence-corrected chi connectivity index (χ0v) is 16.6. The maximum atomic E-state index is 12.9. The van der Waals surface area contributed by atoms with Crippen LogP contribution in [0.4, 0.5) is 16.2 Å². The van der Waals surface area contributed by atoms with Gasteiger partial charge in [-0.05, 0) is 42.3 Å². The van der Waals surface area contributed by atoms with Crippen LogP contribution in [0.3, 0.4) is 0 Å². The Hall–Kier alpha value is -3.42. The lowest BCUT2D eigenvalue weighted by Gasteiger charge is -2.23. The van der Waals surface area contributed by atoms with E-state index in [4.69, 9.17) is 14.2 Å². The Bertz CT molecular complexity index is 977. The third-order valence-electron chi connectivity index (χ3n) is 5.63. The summed E-state index contributed by atoms with van der Waals surface area (Å²) in [6, 6.07) is 10.4. The number of hydrogen-bond acceptors (Lipinski definition) is 5. The molecular formula is C21H23N3O5. The van der Waals surface area contributed by atoms with Crippen molar-refractivity contribution in [2.75, 3.05) is 45.1 Å². The molecule has 2 aliphatic rings. The number of fused-ring (bicyclic) bond motifs is 2. The maximum Gasteiger partial charge on any atom is 0.321 e. The minimum Gasteiger partial charge on any atom is -0.497 e. The van der Waals surface area contributed by atoms with Crippen molar-refractivity contribution in [1.82, 2.24) is 4.90 Å². The molecule has 29 heavy (non-hydrogen) atoms. The lowest BCUT2D eigenvalue weighted by Crippen LogP contribution is -2.40. The van der Waals surface area contributed by atoms with E-state index in [9.17, 15) is 9.59 Å². The third kappa shape index (κ3) is 3.10. The van der Waals surface area contributed by atoms with Crippen molar-refractivity contribution in [3.05, 3.63) is 42.0 Å². The first-order valence-electron chi connectivity index (χ1n) is 9.28. The van der Waals surface area contributed by atoms with Crippen molar-refractivity contribution in [1.29, 1.82) is 0 Å². The molecule has 0 saturated carbocycles. The fraction of sp³-hybridized carbons (Fsp3) is 0.333. The number of amides is 3. The van der Waals surface area contributed by atoms with Crippen molar-refractivity contribution in [3.63, 3.8) is 0 Å². The topological polar surface area (TPSA) is 89.1 Å². The third-order valence-corrected chi connectivity index (χ3v) is 5.63. The number of carbonyl (C=O) groups excluding carboxylic acids is 2. The van der Waals surface area contributed by atoms with Crippen LogP contribution in [0.25, 0.3) is 0 Å². The number of nitrogens with one attached hydrogen (secondary N) is 2. The molecule has 3 amide bonds. The predicted octanol–water partition coefficient (Wildman–Crippen LogP) is 2.84.